The zero-order chi connectivity index (χ0) is 20.3. The van der Waals surface area contributed by atoms with Crippen LogP contribution < -0.4 is 9.47 Å². The van der Waals surface area contributed by atoms with Gasteiger partial charge < -0.3 is 14.6 Å². The second kappa shape index (κ2) is 8.46. The van der Waals surface area contributed by atoms with Crippen LogP contribution in [-0.2, 0) is 0 Å². The zero-order valence-corrected chi connectivity index (χ0v) is 17.1. The molecule has 3 rings (SSSR count). The third-order valence-corrected chi connectivity index (χ3v) is 5.52. The lowest BCUT2D eigenvalue weighted by atomic mass is 10.1. The molecule has 1 N–H and O–H groups in total. The number of aryl methyl sites for hydroxylation is 1. The predicted molar refractivity (Wildman–Crippen MR) is 112 cm³/mol. The number of nitrogens with zero attached hydrogens (tertiary/aromatic N) is 1. The molecule has 2 aromatic carbocycles. The smallest absolute Gasteiger partial charge is 0.197 e. The fraction of sp³-hybridized carbons (Fsp3) is 0.143. The number of ketones is 1. The van der Waals surface area contributed by atoms with Crippen LogP contribution in [0.3, 0.4) is 0 Å². The Bertz CT molecular complexity index is 1040. The number of hydrogen-bond donors (Lipinski definition) is 1. The molecule has 1 heterocycles. The van der Waals surface area contributed by atoms with E-state index in [1.165, 1.54) is 31.6 Å². The molecule has 0 radical (unpaired) electrons. The van der Waals surface area contributed by atoms with Crippen molar-refractivity contribution in [3.63, 3.8) is 0 Å². The van der Waals surface area contributed by atoms with Crippen LogP contribution in [0.15, 0.2) is 42.5 Å². The first-order chi connectivity index (χ1) is 13.4. The molecule has 1 aromatic heterocycles. The lowest BCUT2D eigenvalue weighted by Gasteiger charge is -2.10. The van der Waals surface area contributed by atoms with E-state index in [-0.39, 0.29) is 11.5 Å². The summed E-state index contributed by atoms with van der Waals surface area (Å²) < 4.78 is 10.5. The molecule has 0 amide bonds. The Kier molecular flexibility index (Phi) is 6.02. The van der Waals surface area contributed by atoms with E-state index in [4.69, 9.17) is 21.1 Å². The molecule has 144 valence electrons. The molecule has 0 atom stereocenters. The van der Waals surface area contributed by atoms with Crippen molar-refractivity contribution in [2.45, 2.75) is 6.92 Å². The second-order valence-corrected chi connectivity index (χ2v) is 7.32. The summed E-state index contributed by atoms with van der Waals surface area (Å²) in [4.78, 5) is 17.7. The largest absolute Gasteiger partial charge is 0.508 e. The quantitative estimate of drug-likeness (QED) is 0.431. The van der Waals surface area contributed by atoms with Crippen molar-refractivity contribution in [2.24, 2.45) is 0 Å². The summed E-state index contributed by atoms with van der Waals surface area (Å²) in [6.07, 6.45) is 3.16. The highest BCUT2D eigenvalue weighted by molar-refractivity contribution is 7.17. The van der Waals surface area contributed by atoms with E-state index in [1.54, 1.807) is 49.4 Å². The molecule has 0 spiro atoms. The lowest BCUT2D eigenvalue weighted by molar-refractivity contribution is 0.105. The van der Waals surface area contributed by atoms with Crippen molar-refractivity contribution in [3.8, 4) is 27.8 Å². The van der Waals surface area contributed by atoms with Crippen LogP contribution in [0.1, 0.15) is 20.9 Å². The molecule has 3 aromatic rings. The van der Waals surface area contributed by atoms with Gasteiger partial charge in [0.1, 0.15) is 10.8 Å². The van der Waals surface area contributed by atoms with E-state index in [0.717, 1.165) is 16.1 Å². The topological polar surface area (TPSA) is 68.7 Å². The van der Waals surface area contributed by atoms with Crippen LogP contribution >= 0.6 is 22.9 Å². The van der Waals surface area contributed by atoms with E-state index in [2.05, 4.69) is 4.98 Å². The summed E-state index contributed by atoms with van der Waals surface area (Å²) in [5.41, 5.74) is 2.23. The molecule has 0 bridgehead atoms. The van der Waals surface area contributed by atoms with Gasteiger partial charge in [-0.15, -0.1) is 11.3 Å². The Labute approximate surface area is 171 Å². The number of aromatic nitrogens is 1. The van der Waals surface area contributed by atoms with E-state index in [9.17, 15) is 9.90 Å². The minimum Gasteiger partial charge on any atom is -0.508 e. The normalized spacial score (nSPS) is 11.0. The number of phenols is 1. The van der Waals surface area contributed by atoms with E-state index in [1.807, 2.05) is 0 Å². The number of phenolic OH excluding ortho intramolecular Hbond substituents is 1. The average molecular weight is 416 g/mol. The number of methoxy groups -OCH3 is 2. The number of halogens is 1. The van der Waals surface area contributed by atoms with Gasteiger partial charge in [0, 0.05) is 5.56 Å². The first-order valence-corrected chi connectivity index (χ1v) is 9.53. The summed E-state index contributed by atoms with van der Waals surface area (Å²) in [7, 11) is 3.04. The first-order valence-electron chi connectivity index (χ1n) is 8.33. The van der Waals surface area contributed by atoms with Gasteiger partial charge in [-0.05, 0) is 55.0 Å². The number of carbonyl (C=O) groups is 1. The fourth-order valence-corrected chi connectivity index (χ4v) is 3.92. The number of rotatable bonds is 6. The van der Waals surface area contributed by atoms with Gasteiger partial charge in [-0.25, -0.2) is 4.98 Å². The maximum Gasteiger partial charge on any atom is 0.197 e. The van der Waals surface area contributed by atoms with Gasteiger partial charge in [-0.3, -0.25) is 4.79 Å². The lowest BCUT2D eigenvalue weighted by Crippen LogP contribution is -1.94. The van der Waals surface area contributed by atoms with Crippen molar-refractivity contribution in [1.29, 1.82) is 0 Å². The third kappa shape index (κ3) is 4.18. The van der Waals surface area contributed by atoms with Crippen LogP contribution in [0.5, 0.6) is 17.2 Å². The number of aromatic hydroxyl groups is 1. The monoisotopic (exact) mass is 415 g/mol. The van der Waals surface area contributed by atoms with Crippen molar-refractivity contribution >= 4 is 34.8 Å². The molecule has 0 unspecified atom stereocenters. The molecule has 28 heavy (non-hydrogen) atoms. The molecule has 5 nitrogen and oxygen atoms in total. The van der Waals surface area contributed by atoms with Crippen LogP contribution in [0, 0.1) is 6.92 Å². The maximum atomic E-state index is 12.7. The van der Waals surface area contributed by atoms with Crippen LogP contribution in [0.2, 0.25) is 5.02 Å². The Balaban J connectivity index is 1.85. The average Bonchev–Trinajstić information content (AvgIpc) is 3.07. The molecule has 0 saturated carbocycles. The molecule has 0 saturated heterocycles. The van der Waals surface area contributed by atoms with Gasteiger partial charge in [0.25, 0.3) is 0 Å². The summed E-state index contributed by atoms with van der Waals surface area (Å²) in [6, 6.07) is 10.2. The SMILES string of the molecule is COc1cc(/C=C/C(=O)c2sc(-c3ccc(O)cc3)nc2C)cc(Cl)c1OC. The van der Waals surface area contributed by atoms with E-state index >= 15 is 0 Å². The van der Waals surface area contributed by atoms with Gasteiger partial charge in [0.2, 0.25) is 0 Å². The highest BCUT2D eigenvalue weighted by Crippen LogP contribution is 2.36. The van der Waals surface area contributed by atoms with Gasteiger partial charge in [-0.1, -0.05) is 17.7 Å². The van der Waals surface area contributed by atoms with Crippen molar-refractivity contribution in [1.82, 2.24) is 4.98 Å². The van der Waals surface area contributed by atoms with Gasteiger partial charge in [0.05, 0.1) is 29.8 Å². The molecule has 0 aliphatic carbocycles. The Morgan fingerprint density at radius 2 is 1.89 bits per heavy atom. The Morgan fingerprint density at radius 3 is 2.54 bits per heavy atom. The molecule has 0 aliphatic heterocycles. The number of ether oxygens (including phenoxy) is 2. The number of allylic oxidation sites excluding steroid dienone is 1. The van der Waals surface area contributed by atoms with E-state index < -0.39 is 0 Å². The first kappa shape index (κ1) is 19.9. The Hall–Kier alpha value is -2.83. The standard InChI is InChI=1S/C21H18ClNO4S/c1-12-20(28-21(23-12)14-5-7-15(24)8-6-14)17(25)9-4-13-10-16(22)19(27-3)18(11-13)26-2/h4-11,24H,1-3H3/b9-4+. The van der Waals surface area contributed by atoms with E-state index in [0.29, 0.717) is 27.1 Å². The summed E-state index contributed by atoms with van der Waals surface area (Å²) >= 11 is 7.52. The second-order valence-electron chi connectivity index (χ2n) is 5.92. The number of benzene rings is 2. The number of thiazole rings is 1. The fourth-order valence-electron chi connectivity index (χ4n) is 2.63. The molecular formula is C21H18ClNO4S. The zero-order valence-electron chi connectivity index (χ0n) is 15.5. The van der Waals surface area contributed by atoms with Crippen molar-refractivity contribution in [3.05, 3.63) is 63.6 Å². The molecular weight excluding hydrogens is 398 g/mol. The minimum atomic E-state index is -0.147. The van der Waals surface area contributed by atoms with Gasteiger partial charge in [0.15, 0.2) is 17.3 Å². The summed E-state index contributed by atoms with van der Waals surface area (Å²) in [5, 5.41) is 10.5. The maximum absolute atomic E-state index is 12.7. The van der Waals surface area contributed by atoms with Crippen molar-refractivity contribution < 1.29 is 19.4 Å². The summed E-state index contributed by atoms with van der Waals surface area (Å²) in [5.74, 6) is 0.978. The predicted octanol–water partition coefficient (Wildman–Crippen LogP) is 5.39. The minimum absolute atomic E-state index is 0.147. The van der Waals surface area contributed by atoms with Gasteiger partial charge >= 0.3 is 0 Å². The summed E-state index contributed by atoms with van der Waals surface area (Å²) in [6.45, 7) is 1.80. The number of hydrogen-bond acceptors (Lipinski definition) is 6. The molecule has 7 heteroatoms. The van der Waals surface area contributed by atoms with Gasteiger partial charge in [-0.2, -0.15) is 0 Å². The van der Waals surface area contributed by atoms with Crippen LogP contribution in [0.4, 0.5) is 0 Å². The van der Waals surface area contributed by atoms with Crippen molar-refractivity contribution in [2.75, 3.05) is 14.2 Å². The number of carbonyl (C=O) groups excluding carboxylic acids is 1. The highest BCUT2D eigenvalue weighted by Gasteiger charge is 2.15. The molecule has 0 fully saturated rings. The third-order valence-electron chi connectivity index (χ3n) is 4.02. The molecule has 0 aliphatic rings. The Morgan fingerprint density at radius 1 is 1.18 bits per heavy atom. The van der Waals surface area contributed by atoms with Crippen LogP contribution in [0.25, 0.3) is 16.6 Å². The highest BCUT2D eigenvalue weighted by atomic mass is 35.5. The van der Waals surface area contributed by atoms with Crippen LogP contribution in [-0.4, -0.2) is 30.1 Å².